The van der Waals surface area contributed by atoms with Crippen LogP contribution in [0.5, 0.6) is 0 Å². The van der Waals surface area contributed by atoms with Crippen LogP contribution in [-0.4, -0.2) is 17.2 Å². The van der Waals surface area contributed by atoms with Crippen molar-refractivity contribution in [3.05, 3.63) is 42.0 Å². The van der Waals surface area contributed by atoms with Gasteiger partial charge in [0, 0.05) is 5.56 Å². The van der Waals surface area contributed by atoms with Crippen molar-refractivity contribution in [2.75, 3.05) is 0 Å². The zero-order valence-electron chi connectivity index (χ0n) is 8.24. The summed E-state index contributed by atoms with van der Waals surface area (Å²) >= 11 is 0. The Morgan fingerprint density at radius 1 is 1.27 bits per heavy atom. The van der Waals surface area contributed by atoms with E-state index in [1.807, 2.05) is 0 Å². The second-order valence-electron chi connectivity index (χ2n) is 3.35. The van der Waals surface area contributed by atoms with Crippen LogP contribution >= 0.6 is 0 Å². The molecule has 5 heteroatoms. The number of halogens is 2. The zero-order valence-corrected chi connectivity index (χ0v) is 8.24. The summed E-state index contributed by atoms with van der Waals surface area (Å²) < 4.78 is 26.8. The van der Waals surface area contributed by atoms with Gasteiger partial charge in [0.2, 0.25) is 0 Å². The summed E-state index contributed by atoms with van der Waals surface area (Å²) in [6, 6.07) is 4.81. The normalized spacial score (nSPS) is 11.3. The van der Waals surface area contributed by atoms with Crippen molar-refractivity contribution in [1.82, 2.24) is 0 Å². The van der Waals surface area contributed by atoms with Gasteiger partial charge in [0.25, 0.3) is 5.92 Å². The molecule has 0 aromatic heterocycles. The van der Waals surface area contributed by atoms with E-state index in [-0.39, 0.29) is 16.6 Å². The van der Waals surface area contributed by atoms with Crippen molar-refractivity contribution >= 4 is 12.6 Å². The first-order valence-electron chi connectivity index (χ1n) is 4.36. The van der Waals surface area contributed by atoms with E-state index < -0.39 is 13.0 Å². The van der Waals surface area contributed by atoms with Gasteiger partial charge < -0.3 is 10.0 Å². The molecule has 1 aromatic carbocycles. The van der Waals surface area contributed by atoms with Crippen molar-refractivity contribution < 1.29 is 18.8 Å². The molecule has 0 unspecified atom stereocenters. The second kappa shape index (κ2) is 4.12. The van der Waals surface area contributed by atoms with Crippen LogP contribution < -0.4 is 5.46 Å². The molecule has 15 heavy (non-hydrogen) atoms. The van der Waals surface area contributed by atoms with Crippen LogP contribution in [0.25, 0.3) is 0 Å². The third kappa shape index (κ3) is 2.43. The Hall–Kier alpha value is -1.20. The predicted octanol–water partition coefficient (Wildman–Crippen LogP) is 1.03. The van der Waals surface area contributed by atoms with Gasteiger partial charge in [-0.05, 0) is 18.0 Å². The third-order valence-electron chi connectivity index (χ3n) is 2.11. The quantitative estimate of drug-likeness (QED) is 0.580. The van der Waals surface area contributed by atoms with Gasteiger partial charge in [0.05, 0.1) is 0 Å². The van der Waals surface area contributed by atoms with Gasteiger partial charge in [-0.3, -0.25) is 0 Å². The fourth-order valence-electron chi connectivity index (χ4n) is 1.11. The highest BCUT2D eigenvalue weighted by atomic mass is 19.3. The highest BCUT2D eigenvalue weighted by Gasteiger charge is 2.32. The first kappa shape index (κ1) is 11.9. The first-order valence-corrected chi connectivity index (χ1v) is 4.36. The molecule has 1 aromatic rings. The Morgan fingerprint density at radius 2 is 1.73 bits per heavy atom. The molecule has 0 aliphatic rings. The van der Waals surface area contributed by atoms with E-state index in [9.17, 15) is 8.78 Å². The average molecular weight is 212 g/mol. The molecule has 0 heterocycles. The summed E-state index contributed by atoms with van der Waals surface area (Å²) in [7, 11) is -1.64. The molecule has 0 aliphatic heterocycles. The van der Waals surface area contributed by atoms with Crippen LogP contribution in [-0.2, 0) is 5.92 Å². The number of alkyl halides is 2. The first-order chi connectivity index (χ1) is 6.85. The van der Waals surface area contributed by atoms with Gasteiger partial charge in [0.1, 0.15) is 0 Å². The summed E-state index contributed by atoms with van der Waals surface area (Å²) in [6.45, 7) is 4.46. The summed E-state index contributed by atoms with van der Waals surface area (Å²) in [5, 5.41) is 17.6. The minimum absolute atomic E-state index is 0.177. The van der Waals surface area contributed by atoms with Crippen LogP contribution in [0.1, 0.15) is 12.5 Å². The van der Waals surface area contributed by atoms with Crippen molar-refractivity contribution in [3.63, 3.8) is 0 Å². The van der Waals surface area contributed by atoms with E-state index in [1.165, 1.54) is 19.1 Å². The molecular weight excluding hydrogens is 201 g/mol. The molecule has 0 atom stereocenters. The lowest BCUT2D eigenvalue weighted by Crippen LogP contribution is -2.30. The molecule has 1 rings (SSSR count). The van der Waals surface area contributed by atoms with Crippen LogP contribution in [0.4, 0.5) is 8.78 Å². The maximum absolute atomic E-state index is 13.4. The molecule has 0 fully saturated rings. The highest BCUT2D eigenvalue weighted by molar-refractivity contribution is 6.58. The Bertz CT molecular complexity index is 360. The molecule has 0 radical (unpaired) electrons. The third-order valence-corrected chi connectivity index (χ3v) is 2.11. The van der Waals surface area contributed by atoms with Gasteiger partial charge in [0.15, 0.2) is 0 Å². The van der Waals surface area contributed by atoms with Crippen molar-refractivity contribution in [2.24, 2.45) is 0 Å². The Morgan fingerprint density at radius 3 is 2.07 bits per heavy atom. The molecule has 0 spiro atoms. The van der Waals surface area contributed by atoms with E-state index in [0.717, 1.165) is 12.1 Å². The van der Waals surface area contributed by atoms with E-state index in [0.29, 0.717) is 0 Å². The van der Waals surface area contributed by atoms with Gasteiger partial charge in [-0.1, -0.05) is 30.8 Å². The van der Waals surface area contributed by atoms with Crippen molar-refractivity contribution in [2.45, 2.75) is 12.8 Å². The number of allylic oxidation sites excluding steroid dienone is 1. The minimum Gasteiger partial charge on any atom is -0.423 e. The predicted molar refractivity (Wildman–Crippen MR) is 55.0 cm³/mol. The SMILES string of the molecule is C=C(C)C(F)(F)c1ccc(B(O)O)cc1. The summed E-state index contributed by atoms with van der Waals surface area (Å²) in [4.78, 5) is 0. The lowest BCUT2D eigenvalue weighted by atomic mass is 9.79. The maximum Gasteiger partial charge on any atom is 0.488 e. The number of hydrogen-bond donors (Lipinski definition) is 2. The standard InChI is InChI=1S/C10H11BF2O2/c1-7(2)10(12,13)8-3-5-9(6-4-8)11(14)15/h3-6,14-15H,1H2,2H3. The van der Waals surface area contributed by atoms with Crippen molar-refractivity contribution in [3.8, 4) is 0 Å². The molecule has 0 saturated heterocycles. The molecule has 0 aliphatic carbocycles. The lowest BCUT2D eigenvalue weighted by Gasteiger charge is -2.16. The number of benzene rings is 1. The average Bonchev–Trinajstić information content (AvgIpc) is 2.17. The Labute approximate surface area is 87.0 Å². The maximum atomic E-state index is 13.4. The van der Waals surface area contributed by atoms with Crippen LogP contribution in [0.3, 0.4) is 0 Å². The van der Waals surface area contributed by atoms with E-state index in [2.05, 4.69) is 6.58 Å². The summed E-state index contributed by atoms with van der Waals surface area (Å²) in [6.07, 6.45) is 0. The molecule has 0 amide bonds. The van der Waals surface area contributed by atoms with Gasteiger partial charge in [-0.2, -0.15) is 8.78 Å². The van der Waals surface area contributed by atoms with E-state index >= 15 is 0 Å². The zero-order chi connectivity index (χ0) is 11.6. The second-order valence-corrected chi connectivity index (χ2v) is 3.35. The molecule has 2 nitrogen and oxygen atoms in total. The minimum atomic E-state index is -3.08. The lowest BCUT2D eigenvalue weighted by molar-refractivity contribution is 0.0386. The summed E-state index contributed by atoms with van der Waals surface area (Å²) in [5.74, 6) is -3.08. The number of rotatable bonds is 3. The Kier molecular flexibility index (Phi) is 3.26. The highest BCUT2D eigenvalue weighted by Crippen LogP contribution is 2.33. The summed E-state index contributed by atoms with van der Waals surface area (Å²) in [5.41, 5.74) is -0.282. The monoisotopic (exact) mass is 212 g/mol. The van der Waals surface area contributed by atoms with Gasteiger partial charge in [-0.15, -0.1) is 0 Å². The van der Waals surface area contributed by atoms with Gasteiger partial charge in [-0.25, -0.2) is 0 Å². The fraction of sp³-hybridized carbons (Fsp3) is 0.200. The Balaban J connectivity index is 3.04. The molecule has 80 valence electrons. The molecule has 0 bridgehead atoms. The van der Waals surface area contributed by atoms with Crippen LogP contribution in [0.2, 0.25) is 0 Å². The fourth-order valence-corrected chi connectivity index (χ4v) is 1.11. The van der Waals surface area contributed by atoms with Crippen LogP contribution in [0, 0.1) is 0 Å². The van der Waals surface area contributed by atoms with Gasteiger partial charge >= 0.3 is 7.12 Å². The van der Waals surface area contributed by atoms with Crippen LogP contribution in [0.15, 0.2) is 36.4 Å². The molecule has 2 N–H and O–H groups in total. The molecular formula is C10H11BF2O2. The van der Waals surface area contributed by atoms with E-state index in [1.54, 1.807) is 0 Å². The largest absolute Gasteiger partial charge is 0.488 e. The van der Waals surface area contributed by atoms with Crippen molar-refractivity contribution in [1.29, 1.82) is 0 Å². The van der Waals surface area contributed by atoms with E-state index in [4.69, 9.17) is 10.0 Å². The topological polar surface area (TPSA) is 40.5 Å². The molecule has 0 saturated carbocycles. The smallest absolute Gasteiger partial charge is 0.423 e. The number of hydrogen-bond acceptors (Lipinski definition) is 2.